The maximum atomic E-state index is 15.1. The standard InChI is InChI=1S/C24H24F4N2O4.C22H19F4NO4.C2H7NO/c1-15(25)14-34-18-5-2-16(3-6-18)23(33)30-10-8-24(27,28)20(13-22(32)29-9-11-31)19-12-17(26)4-7-21(19)30;1-13(23)12-31-16-5-2-14(3-6-16)21(30)27-9-8-22(25,26)18(11-20(28)29)17-10-15(24)4-7-19(17)27;3-1-2-4/h2-7,12-13,15,31H,8-11,14H2,1H3,(H,29,32);2-7,10-11,13H,8-9,12H2,1H3,(H,28,29);4H,1-3H2/b20-13-;18-11-;/t15-;13-;/m11./s1. The number of hydrogen-bond donors (Lipinski definition) is 5. The molecule has 4 aromatic rings. The summed E-state index contributed by atoms with van der Waals surface area (Å²) in [5.74, 6) is -11.8. The van der Waals surface area contributed by atoms with Crippen LogP contribution in [0, 0.1) is 11.6 Å². The third-order valence-corrected chi connectivity index (χ3v) is 9.90. The predicted octanol–water partition coefficient (Wildman–Crippen LogP) is 7.39. The van der Waals surface area contributed by atoms with Gasteiger partial charge >= 0.3 is 5.97 Å². The van der Waals surface area contributed by atoms with E-state index in [1.807, 2.05) is 0 Å². The number of rotatable bonds is 13. The van der Waals surface area contributed by atoms with Crippen molar-refractivity contribution in [3.63, 3.8) is 0 Å². The summed E-state index contributed by atoms with van der Waals surface area (Å²) < 4.78 is 124. The van der Waals surface area contributed by atoms with Gasteiger partial charge in [-0.05, 0) is 98.8 Å². The van der Waals surface area contributed by atoms with Gasteiger partial charge in [0.05, 0.1) is 24.6 Å². The van der Waals surface area contributed by atoms with Gasteiger partial charge in [0.15, 0.2) is 0 Å². The van der Waals surface area contributed by atoms with E-state index in [1.165, 1.54) is 74.5 Å². The molecule has 0 saturated carbocycles. The van der Waals surface area contributed by atoms with Crippen molar-refractivity contribution in [2.75, 3.05) is 62.4 Å². The van der Waals surface area contributed by atoms with Crippen LogP contribution in [-0.4, -0.2) is 116 Å². The molecule has 0 fully saturated rings. The SMILES string of the molecule is C[C@@H](F)COc1ccc(C(=O)N2CCC(F)(F)/C(=C\C(=O)NCCO)c3cc(F)ccc32)cc1.C[C@@H](F)COc1ccc(C(=O)N2CCC(F)(F)/C(=C\C(=O)O)c3cc(F)ccc32)cc1.NCCO. The number of anilines is 2. The van der Waals surface area contributed by atoms with Crippen LogP contribution < -0.4 is 30.3 Å². The molecule has 6 N–H and O–H groups in total. The summed E-state index contributed by atoms with van der Waals surface area (Å²) in [4.78, 5) is 51.6. The number of halogens is 8. The highest BCUT2D eigenvalue weighted by atomic mass is 19.3. The van der Waals surface area contributed by atoms with Crippen molar-refractivity contribution in [1.82, 2.24) is 5.32 Å². The molecule has 0 bridgehead atoms. The molecule has 2 atom stereocenters. The van der Waals surface area contributed by atoms with Crippen LogP contribution in [0.4, 0.5) is 46.5 Å². The fourth-order valence-electron chi connectivity index (χ4n) is 6.72. The van der Waals surface area contributed by atoms with Gasteiger partial charge < -0.3 is 45.6 Å². The molecule has 0 saturated heterocycles. The molecule has 0 unspecified atom stereocenters. The Hall–Kier alpha value is -6.84. The van der Waals surface area contributed by atoms with Crippen molar-refractivity contribution in [1.29, 1.82) is 0 Å². The molecular weight excluding hydrogens is 929 g/mol. The number of amides is 3. The van der Waals surface area contributed by atoms with Crippen LogP contribution in [0.1, 0.15) is 58.5 Å². The fraction of sp³-hybridized carbons (Fsp3) is 0.333. The normalized spacial score (nSPS) is 16.7. The van der Waals surface area contributed by atoms with Crippen molar-refractivity contribution in [2.45, 2.75) is 50.9 Å². The first-order valence-electron chi connectivity index (χ1n) is 21.2. The molecule has 372 valence electrons. The summed E-state index contributed by atoms with van der Waals surface area (Å²) in [6.07, 6.45) is -2.99. The number of carboxylic acid groups (broad SMARTS) is 1. The van der Waals surface area contributed by atoms with E-state index in [1.54, 1.807) is 0 Å². The van der Waals surface area contributed by atoms with Crippen LogP contribution in [-0.2, 0) is 9.59 Å². The first-order chi connectivity index (χ1) is 32.6. The van der Waals surface area contributed by atoms with E-state index >= 15 is 8.78 Å². The van der Waals surface area contributed by atoms with Crippen molar-refractivity contribution in [3.8, 4) is 11.5 Å². The zero-order valence-electron chi connectivity index (χ0n) is 37.2. The van der Waals surface area contributed by atoms with Gasteiger partial charge in [0, 0.05) is 84.6 Å². The molecular formula is C48H50F8N4O9. The number of carboxylic acids is 1. The van der Waals surface area contributed by atoms with E-state index < -0.39 is 96.6 Å². The minimum atomic E-state index is -3.59. The lowest BCUT2D eigenvalue weighted by molar-refractivity contribution is -0.131. The first kappa shape index (κ1) is 54.8. The summed E-state index contributed by atoms with van der Waals surface area (Å²) in [7, 11) is 0. The van der Waals surface area contributed by atoms with Crippen molar-refractivity contribution in [3.05, 3.63) is 131 Å². The molecule has 13 nitrogen and oxygen atoms in total. The van der Waals surface area contributed by atoms with Gasteiger partial charge in [0.2, 0.25) is 5.91 Å². The highest BCUT2D eigenvalue weighted by molar-refractivity contribution is 6.10. The second kappa shape index (κ2) is 25.0. The minimum Gasteiger partial charge on any atom is -0.491 e. The molecule has 6 rings (SSSR count). The number of allylic oxidation sites excluding steroid dienone is 2. The number of hydrogen-bond acceptors (Lipinski definition) is 9. The Bertz CT molecular complexity index is 2470. The largest absolute Gasteiger partial charge is 0.491 e. The number of nitrogens with one attached hydrogen (secondary N) is 1. The van der Waals surface area contributed by atoms with E-state index in [0.717, 1.165) is 34.1 Å². The summed E-state index contributed by atoms with van der Waals surface area (Å²) in [5.41, 5.74) is 2.84. The van der Waals surface area contributed by atoms with E-state index in [9.17, 15) is 45.5 Å². The molecule has 0 aromatic heterocycles. The van der Waals surface area contributed by atoms with Crippen molar-refractivity contribution >= 4 is 46.2 Å². The van der Waals surface area contributed by atoms with Crippen molar-refractivity contribution in [2.24, 2.45) is 5.73 Å². The van der Waals surface area contributed by atoms with Crippen LogP contribution in [0.2, 0.25) is 0 Å². The van der Waals surface area contributed by atoms with E-state index in [0.29, 0.717) is 30.2 Å². The quantitative estimate of drug-likeness (QED) is 0.0667. The Balaban J connectivity index is 0.000000280. The number of aliphatic carboxylic acids is 1. The van der Waals surface area contributed by atoms with Crippen molar-refractivity contribution < 1.29 is 79.1 Å². The molecule has 2 aliphatic heterocycles. The highest BCUT2D eigenvalue weighted by Gasteiger charge is 2.43. The number of aliphatic hydroxyl groups excluding tert-OH is 2. The monoisotopic (exact) mass is 978 g/mol. The average Bonchev–Trinajstić information content (AvgIpc) is 3.48. The van der Waals surface area contributed by atoms with Gasteiger partial charge in [0.25, 0.3) is 23.7 Å². The molecule has 0 radical (unpaired) electrons. The second-order valence-electron chi connectivity index (χ2n) is 15.4. The zero-order chi connectivity index (χ0) is 51.1. The number of carbonyl (C=O) groups excluding carboxylic acids is 3. The number of benzene rings is 4. The summed E-state index contributed by atoms with van der Waals surface area (Å²) in [5, 5.41) is 27.9. The van der Waals surface area contributed by atoms with E-state index in [4.69, 9.17) is 30.5 Å². The number of fused-ring (bicyclic) bond motifs is 2. The Morgan fingerprint density at radius 1 is 0.681 bits per heavy atom. The van der Waals surface area contributed by atoms with Crippen LogP contribution in [0.3, 0.4) is 0 Å². The Morgan fingerprint density at radius 3 is 1.42 bits per heavy atom. The number of alkyl halides is 6. The van der Waals surface area contributed by atoms with Gasteiger partial charge in [-0.25, -0.2) is 39.9 Å². The third kappa shape index (κ3) is 15.3. The maximum absolute atomic E-state index is 15.1. The lowest BCUT2D eigenvalue weighted by Gasteiger charge is -2.23. The molecule has 2 aliphatic rings. The number of ether oxygens (including phenoxy) is 2. The van der Waals surface area contributed by atoms with Gasteiger partial charge in [-0.1, -0.05) is 0 Å². The molecule has 0 spiro atoms. The molecule has 21 heteroatoms. The van der Waals surface area contributed by atoms with Crippen LogP contribution >= 0.6 is 0 Å². The minimum absolute atomic E-state index is 0.0244. The number of carbonyl (C=O) groups is 4. The Morgan fingerprint density at radius 2 is 1.07 bits per heavy atom. The lowest BCUT2D eigenvalue weighted by Crippen LogP contribution is -2.33. The molecule has 69 heavy (non-hydrogen) atoms. The van der Waals surface area contributed by atoms with Gasteiger partial charge in [-0.3, -0.25) is 14.4 Å². The number of aliphatic hydroxyl groups is 2. The Kier molecular flexibility index (Phi) is 19.8. The van der Waals surface area contributed by atoms with E-state index in [2.05, 4.69) is 5.32 Å². The summed E-state index contributed by atoms with van der Waals surface area (Å²) >= 11 is 0. The predicted molar refractivity (Wildman–Crippen MR) is 240 cm³/mol. The number of nitrogens with two attached hydrogens (primary N) is 1. The fourth-order valence-corrected chi connectivity index (χ4v) is 6.72. The van der Waals surface area contributed by atoms with Gasteiger partial charge in [-0.15, -0.1) is 0 Å². The van der Waals surface area contributed by atoms with Crippen LogP contribution in [0.25, 0.3) is 11.1 Å². The molecule has 4 aromatic carbocycles. The first-order valence-corrected chi connectivity index (χ1v) is 21.2. The third-order valence-electron chi connectivity index (χ3n) is 9.90. The smallest absolute Gasteiger partial charge is 0.328 e. The highest BCUT2D eigenvalue weighted by Crippen LogP contribution is 2.45. The summed E-state index contributed by atoms with van der Waals surface area (Å²) in [6, 6.07) is 17.6. The van der Waals surface area contributed by atoms with Gasteiger partial charge in [0.1, 0.15) is 48.7 Å². The Labute approximate surface area is 391 Å². The number of nitrogens with zero attached hydrogens (tertiary/aromatic N) is 2. The molecule has 2 heterocycles. The van der Waals surface area contributed by atoms with Crippen LogP contribution in [0.5, 0.6) is 11.5 Å². The molecule has 0 aliphatic carbocycles. The maximum Gasteiger partial charge on any atom is 0.328 e. The topological polar surface area (TPSA) is 192 Å². The summed E-state index contributed by atoms with van der Waals surface area (Å²) in [6.45, 7) is 1.50. The average molecular weight is 979 g/mol. The van der Waals surface area contributed by atoms with Crippen LogP contribution in [0.15, 0.2) is 97.1 Å². The lowest BCUT2D eigenvalue weighted by atomic mass is 9.96. The van der Waals surface area contributed by atoms with Gasteiger partial charge in [-0.2, -0.15) is 0 Å². The van der Waals surface area contributed by atoms with E-state index in [-0.39, 0.29) is 66.6 Å². The zero-order valence-corrected chi connectivity index (χ0v) is 37.2. The molecule has 3 amide bonds. The second-order valence-corrected chi connectivity index (χ2v) is 15.4.